The van der Waals surface area contributed by atoms with E-state index in [-0.39, 0.29) is 12.5 Å². The maximum atomic E-state index is 13.2. The molecule has 14 nitrogen and oxygen atoms in total. The van der Waals surface area contributed by atoms with E-state index in [0.29, 0.717) is 12.8 Å². The minimum absolute atomic E-state index is 0.209. The van der Waals surface area contributed by atoms with Crippen LogP contribution in [-0.2, 0) is 23.7 Å². The lowest BCUT2D eigenvalue weighted by Crippen LogP contribution is -2.65. The lowest BCUT2D eigenvalue weighted by atomic mass is 9.97. The third kappa shape index (κ3) is 33.9. The Bertz CT molecular complexity index is 1520. The van der Waals surface area contributed by atoms with Gasteiger partial charge in [0.05, 0.1) is 32.0 Å². The fourth-order valence-electron chi connectivity index (χ4n) is 10.0. The number of allylic oxidation sites excluding steroid dienone is 10. The van der Waals surface area contributed by atoms with Gasteiger partial charge in [0, 0.05) is 6.42 Å². The first-order chi connectivity index (χ1) is 37.6. The molecule has 2 fully saturated rings. The monoisotopic (exact) mass is 1090 g/mol. The van der Waals surface area contributed by atoms with Crippen LogP contribution in [0.3, 0.4) is 0 Å². The van der Waals surface area contributed by atoms with Gasteiger partial charge in [-0.2, -0.15) is 0 Å². The summed E-state index contributed by atoms with van der Waals surface area (Å²) < 4.78 is 22.8. The Balaban J connectivity index is 1.56. The molecular formula is C63H113NO13. The third-order valence-electron chi connectivity index (χ3n) is 15.0. The van der Waals surface area contributed by atoms with E-state index in [0.717, 1.165) is 83.5 Å². The number of amides is 1. The van der Waals surface area contributed by atoms with Gasteiger partial charge in [0.2, 0.25) is 5.91 Å². The van der Waals surface area contributed by atoms with Crippen molar-refractivity contribution in [2.24, 2.45) is 0 Å². The van der Waals surface area contributed by atoms with Crippen LogP contribution in [0.5, 0.6) is 0 Å². The minimum atomic E-state index is -1.78. The number of carbonyl (C=O) groups is 1. The number of aliphatic hydroxyl groups is 8. The molecule has 14 heteroatoms. The lowest BCUT2D eigenvalue weighted by molar-refractivity contribution is -0.359. The number of carbonyl (C=O) groups excluding carboxylic acids is 1. The van der Waals surface area contributed by atoms with E-state index in [1.54, 1.807) is 0 Å². The number of nitrogens with one attached hydrogen (secondary N) is 1. The Labute approximate surface area is 466 Å². The summed E-state index contributed by atoms with van der Waals surface area (Å²) in [5.74, 6) is -0.209. The van der Waals surface area contributed by atoms with Gasteiger partial charge in [-0.1, -0.05) is 235 Å². The quantitative estimate of drug-likeness (QED) is 0.0204. The molecule has 0 aromatic heterocycles. The molecule has 77 heavy (non-hydrogen) atoms. The number of ether oxygens (including phenoxy) is 4. The van der Waals surface area contributed by atoms with Crippen molar-refractivity contribution in [2.45, 2.75) is 312 Å². The fraction of sp³-hybridized carbons (Fsp3) is 0.825. The summed E-state index contributed by atoms with van der Waals surface area (Å²) in [5.41, 5.74) is 0. The summed E-state index contributed by atoms with van der Waals surface area (Å²) in [7, 11) is 0. The first kappa shape index (κ1) is 70.8. The van der Waals surface area contributed by atoms with Crippen molar-refractivity contribution in [3.63, 3.8) is 0 Å². The van der Waals surface area contributed by atoms with E-state index >= 15 is 0 Å². The molecule has 2 aliphatic rings. The van der Waals surface area contributed by atoms with Crippen LogP contribution in [0.4, 0.5) is 0 Å². The van der Waals surface area contributed by atoms with Crippen LogP contribution in [0.25, 0.3) is 0 Å². The second-order valence-electron chi connectivity index (χ2n) is 21.8. The van der Waals surface area contributed by atoms with Crippen LogP contribution in [-0.4, -0.2) is 140 Å². The standard InChI is InChI=1S/C63H113NO13/c1-3-5-7-9-11-13-14-15-16-17-18-19-20-21-22-23-24-25-26-27-28-29-30-31-32-33-34-35-36-37-38-39-41-43-45-47-55(68)64-51(52(67)46-44-42-40-12-10-8-6-4-2)50-74-62-60(73)58(71)61(54(49-66)76-62)77-63-59(72)57(70)56(69)53(48-65)75-63/h5,7,11,13,15-16,18-19,21-22,51-54,56-63,65-67,69-73H,3-4,6,8-10,12,14,17,20,23-50H2,1-2H3,(H,64,68)/b7-5-,13-11-,16-15-,19-18-,22-21-. The highest BCUT2D eigenvalue weighted by Crippen LogP contribution is 2.30. The summed E-state index contributed by atoms with van der Waals surface area (Å²) in [4.78, 5) is 13.2. The van der Waals surface area contributed by atoms with Crippen LogP contribution >= 0.6 is 0 Å². The van der Waals surface area contributed by atoms with Crippen LogP contribution in [0.15, 0.2) is 60.8 Å². The summed E-state index contributed by atoms with van der Waals surface area (Å²) >= 11 is 0. The molecule has 0 bridgehead atoms. The minimum Gasteiger partial charge on any atom is -0.394 e. The van der Waals surface area contributed by atoms with Crippen molar-refractivity contribution in [1.82, 2.24) is 5.32 Å². The zero-order chi connectivity index (χ0) is 56.0. The molecule has 2 heterocycles. The van der Waals surface area contributed by atoms with Crippen LogP contribution in [0.1, 0.15) is 239 Å². The Morgan fingerprint density at radius 1 is 0.481 bits per heavy atom. The van der Waals surface area contributed by atoms with Crippen molar-refractivity contribution in [2.75, 3.05) is 19.8 Å². The Kier molecular flexibility index (Phi) is 44.5. The number of rotatable bonds is 49. The molecule has 0 saturated carbocycles. The smallest absolute Gasteiger partial charge is 0.220 e. The van der Waals surface area contributed by atoms with Gasteiger partial charge in [-0.3, -0.25) is 4.79 Å². The van der Waals surface area contributed by atoms with Crippen molar-refractivity contribution in [3.05, 3.63) is 60.8 Å². The van der Waals surface area contributed by atoms with Gasteiger partial charge in [0.25, 0.3) is 0 Å². The van der Waals surface area contributed by atoms with E-state index in [1.807, 2.05) is 0 Å². The molecule has 2 saturated heterocycles. The van der Waals surface area contributed by atoms with Crippen molar-refractivity contribution < 1.29 is 64.6 Å². The molecule has 2 rings (SSSR count). The summed E-state index contributed by atoms with van der Waals surface area (Å²) in [5, 5.41) is 86.9. The zero-order valence-electron chi connectivity index (χ0n) is 48.2. The van der Waals surface area contributed by atoms with Gasteiger partial charge < -0.3 is 65.1 Å². The molecule has 0 aliphatic carbocycles. The van der Waals surface area contributed by atoms with Gasteiger partial charge >= 0.3 is 0 Å². The largest absolute Gasteiger partial charge is 0.394 e. The SMILES string of the molecule is CC/C=C\C/C=C\C/C=C\C/C=C\C/C=C\CCCCCCCCCCCCCCCCCCCCCC(=O)NC(COC1OC(CO)C(OC2OC(CO)C(O)C(O)C2O)C(O)C1O)C(O)CCCCCCCCCC. The predicted octanol–water partition coefficient (Wildman–Crippen LogP) is 10.9. The van der Waals surface area contributed by atoms with Gasteiger partial charge in [0.1, 0.15) is 48.8 Å². The number of unbranched alkanes of at least 4 members (excludes halogenated alkanes) is 26. The van der Waals surface area contributed by atoms with Gasteiger partial charge in [-0.05, 0) is 57.8 Å². The molecular weight excluding hydrogens is 979 g/mol. The van der Waals surface area contributed by atoms with E-state index < -0.39 is 86.8 Å². The lowest BCUT2D eigenvalue weighted by Gasteiger charge is -2.46. The third-order valence-corrected chi connectivity index (χ3v) is 15.0. The van der Waals surface area contributed by atoms with Crippen molar-refractivity contribution in [1.29, 1.82) is 0 Å². The molecule has 12 unspecified atom stereocenters. The van der Waals surface area contributed by atoms with E-state index in [1.165, 1.54) is 128 Å². The number of aliphatic hydroxyl groups excluding tert-OH is 8. The average molecular weight is 1090 g/mol. The van der Waals surface area contributed by atoms with E-state index in [2.05, 4.69) is 79.9 Å². The first-order valence-electron chi connectivity index (χ1n) is 31.0. The Morgan fingerprint density at radius 3 is 1.38 bits per heavy atom. The van der Waals surface area contributed by atoms with Crippen LogP contribution in [0, 0.1) is 0 Å². The molecule has 9 N–H and O–H groups in total. The molecule has 2 aliphatic heterocycles. The number of hydrogen-bond donors (Lipinski definition) is 9. The molecule has 448 valence electrons. The predicted molar refractivity (Wildman–Crippen MR) is 309 cm³/mol. The zero-order valence-corrected chi connectivity index (χ0v) is 48.2. The molecule has 12 atom stereocenters. The maximum Gasteiger partial charge on any atom is 0.220 e. The fourth-order valence-corrected chi connectivity index (χ4v) is 10.0. The van der Waals surface area contributed by atoms with Crippen molar-refractivity contribution >= 4 is 5.91 Å². The van der Waals surface area contributed by atoms with Crippen LogP contribution in [0.2, 0.25) is 0 Å². The first-order valence-corrected chi connectivity index (χ1v) is 31.0. The summed E-state index contributed by atoms with van der Waals surface area (Å²) in [6.45, 7) is 2.70. The van der Waals surface area contributed by atoms with Gasteiger partial charge in [0.15, 0.2) is 12.6 Å². The number of hydrogen-bond acceptors (Lipinski definition) is 13. The molecule has 0 aromatic carbocycles. The Morgan fingerprint density at radius 2 is 0.896 bits per heavy atom. The van der Waals surface area contributed by atoms with E-state index in [4.69, 9.17) is 18.9 Å². The van der Waals surface area contributed by atoms with Gasteiger partial charge in [-0.15, -0.1) is 0 Å². The second-order valence-corrected chi connectivity index (χ2v) is 21.8. The Hall–Kier alpha value is -2.31. The summed E-state index contributed by atoms with van der Waals surface area (Å²) in [6, 6.07) is -0.826. The average Bonchev–Trinajstić information content (AvgIpc) is 3.44. The molecule has 0 radical (unpaired) electrons. The van der Waals surface area contributed by atoms with Crippen LogP contribution < -0.4 is 5.32 Å². The highest BCUT2D eigenvalue weighted by Gasteiger charge is 2.51. The maximum absolute atomic E-state index is 13.2. The van der Waals surface area contributed by atoms with Crippen molar-refractivity contribution in [3.8, 4) is 0 Å². The van der Waals surface area contributed by atoms with Gasteiger partial charge in [-0.25, -0.2) is 0 Å². The molecule has 0 spiro atoms. The highest BCUT2D eigenvalue weighted by molar-refractivity contribution is 5.76. The molecule has 1 amide bonds. The molecule has 0 aromatic rings. The topological polar surface area (TPSA) is 228 Å². The highest BCUT2D eigenvalue weighted by atomic mass is 16.7. The second kappa shape index (κ2) is 48.4. The normalized spacial score (nSPS) is 25.1. The van der Waals surface area contributed by atoms with E-state index in [9.17, 15) is 45.6 Å². The summed E-state index contributed by atoms with van der Waals surface area (Å²) in [6.07, 6.45) is 45.6.